The van der Waals surface area contributed by atoms with Crippen LogP contribution >= 0.6 is 11.3 Å². The van der Waals surface area contributed by atoms with Crippen LogP contribution in [-0.4, -0.2) is 0 Å². The summed E-state index contributed by atoms with van der Waals surface area (Å²) in [4.78, 5) is 2.46. The van der Waals surface area contributed by atoms with E-state index in [1.165, 1.54) is 91.6 Å². The zero-order valence-corrected chi connectivity index (χ0v) is 31.4. The molecule has 0 radical (unpaired) electrons. The van der Waals surface area contributed by atoms with Crippen molar-refractivity contribution >= 4 is 80.9 Å². The van der Waals surface area contributed by atoms with Crippen molar-refractivity contribution in [3.63, 3.8) is 0 Å². The van der Waals surface area contributed by atoms with E-state index in [1.54, 1.807) is 0 Å². The van der Waals surface area contributed by atoms with Gasteiger partial charge in [0, 0.05) is 26.8 Å². The van der Waals surface area contributed by atoms with E-state index in [2.05, 4.69) is 217 Å². The van der Waals surface area contributed by atoms with E-state index < -0.39 is 0 Å². The molecule has 11 rings (SSSR count). The third kappa shape index (κ3) is 5.30. The van der Waals surface area contributed by atoms with Crippen molar-refractivity contribution in [2.24, 2.45) is 0 Å². The summed E-state index contributed by atoms with van der Waals surface area (Å²) in [6.07, 6.45) is 0. The monoisotopic (exact) mass is 729 g/mol. The van der Waals surface area contributed by atoms with Crippen LogP contribution in [0.15, 0.2) is 212 Å². The third-order valence-electron chi connectivity index (χ3n) is 11.2. The molecule has 0 fully saturated rings. The minimum Gasteiger partial charge on any atom is -0.309 e. The van der Waals surface area contributed by atoms with E-state index in [0.29, 0.717) is 0 Å². The topological polar surface area (TPSA) is 3.24 Å². The molecule has 0 aliphatic heterocycles. The van der Waals surface area contributed by atoms with Crippen molar-refractivity contribution in [2.45, 2.75) is 0 Å². The average molecular weight is 730 g/mol. The highest BCUT2D eigenvalue weighted by molar-refractivity contribution is 7.26. The van der Waals surface area contributed by atoms with Gasteiger partial charge in [0.15, 0.2) is 0 Å². The molecule has 2 heteroatoms. The quantitative estimate of drug-likeness (QED) is 0.154. The molecule has 0 amide bonds. The van der Waals surface area contributed by atoms with Gasteiger partial charge in [-0.1, -0.05) is 176 Å². The lowest BCUT2D eigenvalue weighted by molar-refractivity contribution is 1.30. The normalized spacial score (nSPS) is 11.6. The van der Waals surface area contributed by atoms with Gasteiger partial charge in [-0.15, -0.1) is 11.3 Å². The molecule has 1 nitrogen and oxygen atoms in total. The SMILES string of the molecule is c1ccc(-c2c(-c3cccc(N(c4ccc(-c5cccc6ccccc56)cc4)c4cccc5c4sc4ccccc45)c3)c3ccccc3c3ccccc23)cc1. The summed E-state index contributed by atoms with van der Waals surface area (Å²) in [5.74, 6) is 0. The van der Waals surface area contributed by atoms with Gasteiger partial charge in [0.25, 0.3) is 0 Å². The molecule has 0 atom stereocenters. The standard InChI is InChI=1S/C54H35NS/c1-2-16-38(17-3-1)52-47-25-8-6-22-44(47)45-23-7-9-26-48(45)53(52)39-19-12-20-41(35-39)55(50-29-14-28-49-46-24-10-11-30-51(46)56-54(49)50)40-33-31-37(32-34-40)43-27-13-18-36-15-4-5-21-42(36)43/h1-35H. The molecule has 1 aromatic heterocycles. The van der Waals surface area contributed by atoms with Gasteiger partial charge in [-0.05, 0) is 102 Å². The molecular weight excluding hydrogens is 695 g/mol. The Bertz CT molecular complexity index is 3240. The van der Waals surface area contributed by atoms with Gasteiger partial charge < -0.3 is 4.90 Å². The van der Waals surface area contributed by atoms with E-state index in [1.807, 2.05) is 11.3 Å². The summed E-state index contributed by atoms with van der Waals surface area (Å²) in [5.41, 5.74) is 10.7. The predicted molar refractivity (Wildman–Crippen MR) is 243 cm³/mol. The van der Waals surface area contributed by atoms with Gasteiger partial charge in [-0.3, -0.25) is 0 Å². The first-order chi connectivity index (χ1) is 27.8. The van der Waals surface area contributed by atoms with Gasteiger partial charge in [-0.2, -0.15) is 0 Å². The summed E-state index contributed by atoms with van der Waals surface area (Å²) in [5, 5.41) is 10.1. The summed E-state index contributed by atoms with van der Waals surface area (Å²) in [6.45, 7) is 0. The Morgan fingerprint density at radius 3 is 1.64 bits per heavy atom. The van der Waals surface area contributed by atoms with Crippen LogP contribution in [0.2, 0.25) is 0 Å². The number of hydrogen-bond acceptors (Lipinski definition) is 2. The molecule has 56 heavy (non-hydrogen) atoms. The Hall–Kier alpha value is -7.00. The van der Waals surface area contributed by atoms with Crippen LogP contribution in [0.25, 0.3) is 85.9 Å². The van der Waals surface area contributed by atoms with Gasteiger partial charge in [0.05, 0.1) is 10.4 Å². The number of rotatable bonds is 6. The molecule has 0 N–H and O–H groups in total. The number of nitrogens with zero attached hydrogens (tertiary/aromatic N) is 1. The molecule has 0 aliphatic carbocycles. The fourth-order valence-corrected chi connectivity index (χ4v) is 9.96. The number of fused-ring (bicyclic) bond motifs is 7. The second-order valence-electron chi connectivity index (χ2n) is 14.4. The third-order valence-corrected chi connectivity index (χ3v) is 12.4. The smallest absolute Gasteiger partial charge is 0.0640 e. The number of anilines is 3. The maximum Gasteiger partial charge on any atom is 0.0640 e. The van der Waals surface area contributed by atoms with Crippen LogP contribution in [0, 0.1) is 0 Å². The van der Waals surface area contributed by atoms with Crippen LogP contribution in [0.1, 0.15) is 0 Å². The fourth-order valence-electron chi connectivity index (χ4n) is 8.75. The molecule has 10 aromatic carbocycles. The lowest BCUT2D eigenvalue weighted by atomic mass is 9.85. The van der Waals surface area contributed by atoms with E-state index in [0.717, 1.165) is 11.4 Å². The first-order valence-corrected chi connectivity index (χ1v) is 20.0. The molecule has 11 aromatic rings. The van der Waals surface area contributed by atoms with Crippen LogP contribution in [0.4, 0.5) is 17.1 Å². The minimum atomic E-state index is 1.11. The largest absolute Gasteiger partial charge is 0.309 e. The van der Waals surface area contributed by atoms with Crippen LogP contribution in [-0.2, 0) is 0 Å². The summed E-state index contributed by atoms with van der Waals surface area (Å²) >= 11 is 1.87. The lowest BCUT2D eigenvalue weighted by Crippen LogP contribution is -2.10. The molecule has 0 aliphatic rings. The molecule has 0 spiro atoms. The van der Waals surface area contributed by atoms with Crippen molar-refractivity contribution in [2.75, 3.05) is 4.90 Å². The molecule has 0 unspecified atom stereocenters. The number of benzene rings is 10. The lowest BCUT2D eigenvalue weighted by Gasteiger charge is -2.27. The molecule has 0 saturated carbocycles. The second kappa shape index (κ2) is 13.4. The Morgan fingerprint density at radius 2 is 0.875 bits per heavy atom. The first-order valence-electron chi connectivity index (χ1n) is 19.2. The van der Waals surface area contributed by atoms with E-state index in [4.69, 9.17) is 0 Å². The molecule has 0 bridgehead atoms. The molecule has 262 valence electrons. The number of hydrogen-bond donors (Lipinski definition) is 0. The van der Waals surface area contributed by atoms with Crippen molar-refractivity contribution < 1.29 is 0 Å². The average Bonchev–Trinajstić information content (AvgIpc) is 3.66. The van der Waals surface area contributed by atoms with Gasteiger partial charge in [0.2, 0.25) is 0 Å². The van der Waals surface area contributed by atoms with Crippen molar-refractivity contribution in [3.05, 3.63) is 212 Å². The Labute approximate surface area is 330 Å². The molecule has 1 heterocycles. The van der Waals surface area contributed by atoms with Crippen LogP contribution in [0.3, 0.4) is 0 Å². The fraction of sp³-hybridized carbons (Fsp3) is 0. The van der Waals surface area contributed by atoms with Crippen molar-refractivity contribution in [1.82, 2.24) is 0 Å². The Kier molecular flexibility index (Phi) is 7.75. The van der Waals surface area contributed by atoms with Gasteiger partial charge in [-0.25, -0.2) is 0 Å². The van der Waals surface area contributed by atoms with Crippen molar-refractivity contribution in [3.8, 4) is 33.4 Å². The Morgan fingerprint density at radius 1 is 0.321 bits per heavy atom. The highest BCUT2D eigenvalue weighted by atomic mass is 32.1. The zero-order valence-electron chi connectivity index (χ0n) is 30.6. The minimum absolute atomic E-state index is 1.11. The summed E-state index contributed by atoms with van der Waals surface area (Å²) in [6, 6.07) is 77.7. The maximum absolute atomic E-state index is 2.46. The highest BCUT2D eigenvalue weighted by Gasteiger charge is 2.21. The summed E-state index contributed by atoms with van der Waals surface area (Å²) < 4.78 is 2.57. The second-order valence-corrected chi connectivity index (χ2v) is 15.5. The molecule has 0 saturated heterocycles. The van der Waals surface area contributed by atoms with Crippen LogP contribution < -0.4 is 4.90 Å². The Balaban J connectivity index is 1.16. The van der Waals surface area contributed by atoms with E-state index in [-0.39, 0.29) is 0 Å². The predicted octanol–water partition coefficient (Wildman–Crippen LogP) is 16.0. The van der Waals surface area contributed by atoms with E-state index >= 15 is 0 Å². The molecular formula is C54H35NS. The first kappa shape index (κ1) is 32.4. The summed E-state index contributed by atoms with van der Waals surface area (Å²) in [7, 11) is 0. The number of thiophene rings is 1. The van der Waals surface area contributed by atoms with Crippen molar-refractivity contribution in [1.29, 1.82) is 0 Å². The van der Waals surface area contributed by atoms with E-state index in [9.17, 15) is 0 Å². The zero-order chi connectivity index (χ0) is 37.0. The van der Waals surface area contributed by atoms with Gasteiger partial charge >= 0.3 is 0 Å². The highest BCUT2D eigenvalue weighted by Crippen LogP contribution is 2.48. The van der Waals surface area contributed by atoms with Gasteiger partial charge in [0.1, 0.15) is 0 Å². The van der Waals surface area contributed by atoms with Crippen LogP contribution in [0.5, 0.6) is 0 Å². The maximum atomic E-state index is 2.46.